The first-order chi connectivity index (χ1) is 9.24. The number of hydrogen-bond acceptors (Lipinski definition) is 3. The first-order valence-electron chi connectivity index (χ1n) is 5.81. The molecule has 0 fully saturated rings. The number of pyridine rings is 1. The van der Waals surface area contributed by atoms with Gasteiger partial charge in [0.15, 0.2) is 5.75 Å². The normalized spacial score (nSPS) is 10.6. The smallest absolute Gasteiger partial charge is 0.153 e. The lowest BCUT2D eigenvalue weighted by Crippen LogP contribution is -1.94. The molecule has 0 saturated carbocycles. The molecule has 0 saturated heterocycles. The number of anilines is 1. The van der Waals surface area contributed by atoms with Gasteiger partial charge in [0, 0.05) is 17.6 Å². The Morgan fingerprint density at radius 2 is 1.84 bits per heavy atom. The van der Waals surface area contributed by atoms with Crippen LogP contribution in [0.3, 0.4) is 0 Å². The summed E-state index contributed by atoms with van der Waals surface area (Å²) in [5.41, 5.74) is 6.98. The predicted molar refractivity (Wildman–Crippen MR) is 72.6 cm³/mol. The number of ether oxygens (including phenoxy) is 1. The van der Waals surface area contributed by atoms with E-state index < -0.39 is 0 Å². The zero-order chi connectivity index (χ0) is 13.2. The quantitative estimate of drug-likeness (QED) is 0.708. The molecule has 0 unspecified atom stereocenters. The van der Waals surface area contributed by atoms with E-state index in [1.807, 2.05) is 24.3 Å². The minimum absolute atomic E-state index is 0.302. The van der Waals surface area contributed by atoms with Gasteiger partial charge in [-0.15, -0.1) is 0 Å². The number of hydrogen-bond donors (Lipinski definition) is 1. The van der Waals surface area contributed by atoms with Gasteiger partial charge in [-0.05, 0) is 30.3 Å². The molecule has 0 aliphatic carbocycles. The minimum atomic E-state index is -0.387. The van der Waals surface area contributed by atoms with E-state index in [1.54, 1.807) is 12.3 Å². The number of para-hydroxylation sites is 1. The minimum Gasteiger partial charge on any atom is -0.454 e. The molecule has 0 bridgehead atoms. The third kappa shape index (κ3) is 2.20. The Hall–Kier alpha value is -2.62. The van der Waals surface area contributed by atoms with E-state index in [1.165, 1.54) is 18.2 Å². The Balaban J connectivity index is 2.08. The van der Waals surface area contributed by atoms with Gasteiger partial charge in [-0.3, -0.25) is 4.98 Å². The molecule has 0 aliphatic rings. The molecule has 0 aliphatic heterocycles. The van der Waals surface area contributed by atoms with Crippen LogP contribution in [0.2, 0.25) is 0 Å². The van der Waals surface area contributed by atoms with Crippen molar-refractivity contribution in [3.63, 3.8) is 0 Å². The molecule has 4 heteroatoms. The van der Waals surface area contributed by atoms with Crippen LogP contribution < -0.4 is 10.5 Å². The van der Waals surface area contributed by atoms with Crippen molar-refractivity contribution in [3.05, 3.63) is 60.5 Å². The van der Waals surface area contributed by atoms with Crippen molar-refractivity contribution >= 4 is 16.6 Å². The molecule has 2 N–H and O–H groups in total. The van der Waals surface area contributed by atoms with Crippen LogP contribution in [0.5, 0.6) is 11.5 Å². The first-order valence-corrected chi connectivity index (χ1v) is 5.81. The molecule has 1 aromatic heterocycles. The largest absolute Gasteiger partial charge is 0.454 e. The van der Waals surface area contributed by atoms with Crippen LogP contribution in [0, 0.1) is 5.82 Å². The third-order valence-electron chi connectivity index (χ3n) is 2.80. The average Bonchev–Trinajstić information content (AvgIpc) is 2.43. The Bertz CT molecular complexity index is 738. The van der Waals surface area contributed by atoms with Gasteiger partial charge in [0.1, 0.15) is 11.6 Å². The molecule has 0 spiro atoms. The number of nitrogen functional groups attached to an aromatic ring is 1. The first kappa shape index (κ1) is 11.5. The molecular formula is C15H11FN2O. The molecule has 3 nitrogen and oxygen atoms in total. The van der Waals surface area contributed by atoms with Crippen LogP contribution in [0.25, 0.3) is 10.9 Å². The highest BCUT2D eigenvalue weighted by Gasteiger charge is 2.07. The van der Waals surface area contributed by atoms with Crippen molar-refractivity contribution in [1.29, 1.82) is 0 Å². The lowest BCUT2D eigenvalue weighted by molar-refractivity contribution is 0.484. The molecular weight excluding hydrogens is 243 g/mol. The second-order valence-electron chi connectivity index (χ2n) is 4.11. The number of benzene rings is 2. The summed E-state index contributed by atoms with van der Waals surface area (Å²) < 4.78 is 18.9. The highest BCUT2D eigenvalue weighted by molar-refractivity contribution is 5.85. The molecule has 94 valence electrons. The standard InChI is InChI=1S/C15H11FN2O/c16-10-5-6-12(17)15(9-10)19-14-7-8-18-13-4-2-1-3-11(13)14/h1-9H,17H2. The van der Waals surface area contributed by atoms with Crippen molar-refractivity contribution in [2.45, 2.75) is 0 Å². The summed E-state index contributed by atoms with van der Waals surface area (Å²) in [6, 6.07) is 13.4. The van der Waals surface area contributed by atoms with Crippen molar-refractivity contribution in [1.82, 2.24) is 4.98 Å². The average molecular weight is 254 g/mol. The SMILES string of the molecule is Nc1ccc(F)cc1Oc1ccnc2ccccc12. The monoisotopic (exact) mass is 254 g/mol. The van der Waals surface area contributed by atoms with E-state index in [0.717, 1.165) is 10.9 Å². The number of aromatic nitrogens is 1. The number of halogens is 1. The maximum absolute atomic E-state index is 13.2. The lowest BCUT2D eigenvalue weighted by Gasteiger charge is -2.10. The van der Waals surface area contributed by atoms with Gasteiger partial charge in [-0.1, -0.05) is 12.1 Å². The van der Waals surface area contributed by atoms with E-state index in [9.17, 15) is 4.39 Å². The number of nitrogens with two attached hydrogens (primary N) is 1. The maximum Gasteiger partial charge on any atom is 0.153 e. The second kappa shape index (κ2) is 4.57. The topological polar surface area (TPSA) is 48.1 Å². The van der Waals surface area contributed by atoms with Gasteiger partial charge in [0.05, 0.1) is 11.2 Å². The fourth-order valence-corrected chi connectivity index (χ4v) is 1.87. The van der Waals surface area contributed by atoms with Crippen LogP contribution in [0.15, 0.2) is 54.7 Å². The van der Waals surface area contributed by atoms with Gasteiger partial charge in [0.2, 0.25) is 0 Å². The summed E-state index contributed by atoms with van der Waals surface area (Å²) in [5, 5.41) is 0.855. The van der Waals surface area contributed by atoms with Crippen molar-refractivity contribution in [2.75, 3.05) is 5.73 Å². The van der Waals surface area contributed by atoms with Crippen molar-refractivity contribution in [3.8, 4) is 11.5 Å². The molecule has 2 aromatic carbocycles. The Morgan fingerprint density at radius 3 is 2.74 bits per heavy atom. The second-order valence-corrected chi connectivity index (χ2v) is 4.11. The predicted octanol–water partition coefficient (Wildman–Crippen LogP) is 3.75. The van der Waals surface area contributed by atoms with Crippen LogP contribution in [0.4, 0.5) is 10.1 Å². The van der Waals surface area contributed by atoms with Crippen LogP contribution in [-0.4, -0.2) is 4.98 Å². The Labute approximate surface area is 109 Å². The highest BCUT2D eigenvalue weighted by atomic mass is 19.1. The van der Waals surface area contributed by atoms with E-state index >= 15 is 0 Å². The van der Waals surface area contributed by atoms with Gasteiger partial charge >= 0.3 is 0 Å². The molecule has 0 atom stereocenters. The number of nitrogens with zero attached hydrogens (tertiary/aromatic N) is 1. The van der Waals surface area contributed by atoms with Crippen LogP contribution >= 0.6 is 0 Å². The molecule has 1 heterocycles. The van der Waals surface area contributed by atoms with E-state index in [4.69, 9.17) is 10.5 Å². The maximum atomic E-state index is 13.2. The van der Waals surface area contributed by atoms with Gasteiger partial charge in [0.25, 0.3) is 0 Å². The van der Waals surface area contributed by atoms with Crippen molar-refractivity contribution in [2.24, 2.45) is 0 Å². The summed E-state index contributed by atoms with van der Waals surface area (Å²) in [4.78, 5) is 4.24. The molecule has 0 radical (unpaired) electrons. The molecule has 3 rings (SSSR count). The van der Waals surface area contributed by atoms with Crippen LogP contribution in [0.1, 0.15) is 0 Å². The number of rotatable bonds is 2. The van der Waals surface area contributed by atoms with Crippen LogP contribution in [-0.2, 0) is 0 Å². The third-order valence-corrected chi connectivity index (χ3v) is 2.80. The van der Waals surface area contributed by atoms with E-state index in [2.05, 4.69) is 4.98 Å². The van der Waals surface area contributed by atoms with Gasteiger partial charge < -0.3 is 10.5 Å². The Kier molecular flexibility index (Phi) is 2.76. The summed E-state index contributed by atoms with van der Waals surface area (Å²) in [5.74, 6) is 0.516. The lowest BCUT2D eigenvalue weighted by atomic mass is 10.2. The highest BCUT2D eigenvalue weighted by Crippen LogP contribution is 2.32. The molecule has 3 aromatic rings. The van der Waals surface area contributed by atoms with E-state index in [0.29, 0.717) is 17.2 Å². The molecule has 19 heavy (non-hydrogen) atoms. The summed E-state index contributed by atoms with van der Waals surface area (Å²) in [6.45, 7) is 0. The van der Waals surface area contributed by atoms with Gasteiger partial charge in [-0.2, -0.15) is 0 Å². The summed E-state index contributed by atoms with van der Waals surface area (Å²) in [6.07, 6.45) is 1.65. The summed E-state index contributed by atoms with van der Waals surface area (Å²) in [7, 11) is 0. The zero-order valence-electron chi connectivity index (χ0n) is 10.0. The Morgan fingerprint density at radius 1 is 1.00 bits per heavy atom. The molecule has 0 amide bonds. The van der Waals surface area contributed by atoms with Crippen molar-refractivity contribution < 1.29 is 9.13 Å². The van der Waals surface area contributed by atoms with Gasteiger partial charge in [-0.25, -0.2) is 4.39 Å². The summed E-state index contributed by atoms with van der Waals surface area (Å²) >= 11 is 0. The zero-order valence-corrected chi connectivity index (χ0v) is 10.0. The number of fused-ring (bicyclic) bond motifs is 1. The van der Waals surface area contributed by atoms with E-state index in [-0.39, 0.29) is 5.82 Å². The fourth-order valence-electron chi connectivity index (χ4n) is 1.87. The fraction of sp³-hybridized carbons (Fsp3) is 0.